The number of nitrogens with zero attached hydrogens (tertiary/aromatic N) is 3. The van der Waals surface area contributed by atoms with Gasteiger partial charge in [-0.3, -0.25) is 14.8 Å². The number of nitrogens with two attached hydrogens (primary N) is 2. The highest BCUT2D eigenvalue weighted by Crippen LogP contribution is 2.26. The molecule has 0 aliphatic heterocycles. The van der Waals surface area contributed by atoms with E-state index in [4.69, 9.17) is 16.9 Å². The Kier molecular flexibility index (Phi) is 7.64. The molecule has 0 fully saturated rings. The average molecular weight is 506 g/mol. The third-order valence-corrected chi connectivity index (χ3v) is 6.54. The number of hydrogen-bond acceptors (Lipinski definition) is 7. The van der Waals surface area contributed by atoms with Gasteiger partial charge in [0.1, 0.15) is 18.0 Å². The molecule has 0 aliphatic rings. The molecule has 4 rings (SSSR count). The molecule has 2 aromatic heterocycles. The number of para-hydroxylation sites is 1. The van der Waals surface area contributed by atoms with Gasteiger partial charge in [0.15, 0.2) is 0 Å². The van der Waals surface area contributed by atoms with Crippen LogP contribution in [0.2, 0.25) is 0 Å². The molecule has 0 bridgehead atoms. The number of nitrogen functional groups attached to an aromatic ring is 1. The van der Waals surface area contributed by atoms with Crippen LogP contribution in [0.15, 0.2) is 96.1 Å². The molecule has 0 radical (unpaired) electrons. The number of rotatable bonds is 9. The molecule has 0 aliphatic carbocycles. The van der Waals surface area contributed by atoms with Gasteiger partial charge in [-0.1, -0.05) is 61.7 Å². The highest BCUT2D eigenvalue weighted by atomic mass is 16.1. The van der Waals surface area contributed by atoms with Crippen LogP contribution in [0.1, 0.15) is 22.4 Å². The Morgan fingerprint density at radius 1 is 1.08 bits per heavy atom. The van der Waals surface area contributed by atoms with Crippen molar-refractivity contribution in [1.29, 1.82) is 5.41 Å². The first-order valence-electron chi connectivity index (χ1n) is 12.1. The summed E-state index contributed by atoms with van der Waals surface area (Å²) in [5, 5.41) is 13.7. The van der Waals surface area contributed by atoms with Gasteiger partial charge in [-0.15, -0.1) is 0 Å². The Bertz CT molecular complexity index is 1660. The lowest BCUT2D eigenvalue weighted by Gasteiger charge is -2.19. The molecule has 2 aromatic carbocycles. The van der Waals surface area contributed by atoms with E-state index in [0.29, 0.717) is 27.9 Å². The molecule has 4 aromatic rings. The number of anilines is 2. The van der Waals surface area contributed by atoms with Gasteiger partial charge in [0.05, 0.1) is 28.9 Å². The van der Waals surface area contributed by atoms with Crippen LogP contribution >= 0.6 is 0 Å². The molecule has 0 unspecified atom stereocenters. The van der Waals surface area contributed by atoms with Crippen molar-refractivity contribution in [3.63, 3.8) is 0 Å². The maximum Gasteiger partial charge on any atom is 0.263 e. The molecular weight excluding hydrogens is 474 g/mol. The topological polar surface area (TPSA) is 136 Å². The predicted molar refractivity (Wildman–Crippen MR) is 156 cm³/mol. The quantitative estimate of drug-likeness (QED) is 0.194. The summed E-state index contributed by atoms with van der Waals surface area (Å²) in [4.78, 5) is 22.3. The van der Waals surface area contributed by atoms with E-state index in [2.05, 4.69) is 28.4 Å². The Labute approximate surface area is 221 Å². The predicted octanol–water partition coefficient (Wildman–Crippen LogP) is 4.59. The second kappa shape index (κ2) is 11.1. The normalized spacial score (nSPS) is 11.7. The molecule has 0 saturated carbocycles. The van der Waals surface area contributed by atoms with E-state index in [1.54, 1.807) is 16.7 Å². The fourth-order valence-electron chi connectivity index (χ4n) is 4.58. The van der Waals surface area contributed by atoms with Crippen molar-refractivity contribution < 1.29 is 0 Å². The molecule has 8 heteroatoms. The number of aromatic nitrogens is 3. The van der Waals surface area contributed by atoms with Crippen molar-refractivity contribution in [1.82, 2.24) is 14.5 Å². The third-order valence-electron chi connectivity index (χ3n) is 6.54. The Hall–Kier alpha value is -4.82. The Balaban J connectivity index is 1.86. The fourth-order valence-corrected chi connectivity index (χ4v) is 4.58. The zero-order valence-electron chi connectivity index (χ0n) is 21.6. The monoisotopic (exact) mass is 505 g/mol. The first kappa shape index (κ1) is 26.2. The molecule has 0 atom stereocenters. The molecule has 2 heterocycles. The first-order valence-corrected chi connectivity index (χ1v) is 12.1. The minimum absolute atomic E-state index is 0.0754. The lowest BCUT2D eigenvalue weighted by Crippen LogP contribution is -2.25. The van der Waals surface area contributed by atoms with Crippen molar-refractivity contribution in [2.75, 3.05) is 17.6 Å². The lowest BCUT2D eigenvalue weighted by molar-refractivity contribution is 0.883. The minimum atomic E-state index is -0.0997. The Morgan fingerprint density at radius 3 is 2.50 bits per heavy atom. The van der Waals surface area contributed by atoms with Gasteiger partial charge in [-0.05, 0) is 48.1 Å². The van der Waals surface area contributed by atoms with Gasteiger partial charge in [-0.25, -0.2) is 9.97 Å². The van der Waals surface area contributed by atoms with Crippen molar-refractivity contribution in [3.05, 3.63) is 124 Å². The second-order valence-corrected chi connectivity index (χ2v) is 8.86. The van der Waals surface area contributed by atoms with E-state index in [9.17, 15) is 4.79 Å². The summed E-state index contributed by atoms with van der Waals surface area (Å²) >= 11 is 0. The molecule has 6 N–H and O–H groups in total. The van der Waals surface area contributed by atoms with Crippen LogP contribution < -0.4 is 22.3 Å². The van der Waals surface area contributed by atoms with Crippen molar-refractivity contribution in [2.45, 2.75) is 20.4 Å². The maximum absolute atomic E-state index is 13.8. The second-order valence-electron chi connectivity index (χ2n) is 8.86. The molecule has 192 valence electrons. The molecule has 38 heavy (non-hydrogen) atoms. The van der Waals surface area contributed by atoms with Crippen LogP contribution in [0.25, 0.3) is 16.5 Å². The lowest BCUT2D eigenvalue weighted by atomic mass is 9.97. The molecule has 0 amide bonds. The van der Waals surface area contributed by atoms with E-state index in [1.165, 1.54) is 6.33 Å². The van der Waals surface area contributed by atoms with Gasteiger partial charge in [0.25, 0.3) is 5.56 Å². The van der Waals surface area contributed by atoms with Crippen LogP contribution in [0, 0.1) is 19.3 Å². The zero-order valence-corrected chi connectivity index (χ0v) is 21.6. The van der Waals surface area contributed by atoms with E-state index < -0.39 is 0 Å². The van der Waals surface area contributed by atoms with E-state index in [-0.39, 0.29) is 30.2 Å². The highest BCUT2D eigenvalue weighted by molar-refractivity contribution is 6.18. The SMILES string of the molecule is C=C/C(CN)=C(\C=C)C(=N)c1c(N)ncnc1NCc1cc2cccc(C)c2c(=O)n1-c1ccccc1C. The van der Waals surface area contributed by atoms with Gasteiger partial charge in [0, 0.05) is 17.8 Å². The minimum Gasteiger partial charge on any atom is -0.383 e. The van der Waals surface area contributed by atoms with Crippen LogP contribution in [0.4, 0.5) is 11.6 Å². The van der Waals surface area contributed by atoms with Crippen molar-refractivity contribution in [3.8, 4) is 5.69 Å². The van der Waals surface area contributed by atoms with E-state index in [0.717, 1.165) is 27.9 Å². The molecule has 0 spiro atoms. The maximum atomic E-state index is 13.8. The van der Waals surface area contributed by atoms with Crippen LogP contribution in [0.3, 0.4) is 0 Å². The number of hydrogen-bond donors (Lipinski definition) is 4. The summed E-state index contributed by atoms with van der Waals surface area (Å²) < 4.78 is 1.73. The number of fused-ring (bicyclic) bond motifs is 1. The number of pyridine rings is 1. The smallest absolute Gasteiger partial charge is 0.263 e. The van der Waals surface area contributed by atoms with Gasteiger partial charge >= 0.3 is 0 Å². The third kappa shape index (κ3) is 4.77. The first-order chi connectivity index (χ1) is 18.3. The van der Waals surface area contributed by atoms with Crippen LogP contribution in [0.5, 0.6) is 0 Å². The van der Waals surface area contributed by atoms with Crippen LogP contribution in [-0.4, -0.2) is 26.8 Å². The molecular formula is C30H31N7O. The van der Waals surface area contributed by atoms with Gasteiger partial charge in [0.2, 0.25) is 0 Å². The van der Waals surface area contributed by atoms with Crippen LogP contribution in [-0.2, 0) is 6.54 Å². The highest BCUT2D eigenvalue weighted by Gasteiger charge is 2.20. The van der Waals surface area contributed by atoms with E-state index >= 15 is 0 Å². The van der Waals surface area contributed by atoms with Gasteiger partial charge < -0.3 is 16.8 Å². The fraction of sp³-hybridized carbons (Fsp3) is 0.133. The molecule has 0 saturated heterocycles. The summed E-state index contributed by atoms with van der Waals surface area (Å²) in [5.41, 5.74) is 16.9. The standard InChI is InChI=1S/C30H31N7O/c1-5-20(15-31)23(6-2)27(32)26-28(33)35-17-36-29(26)34-16-22-14-21-12-9-11-19(4)25(21)30(38)37(22)24-13-8-7-10-18(24)3/h5-14,17,32H,1-2,15-16,31H2,3-4H3,(H3,33,34,35,36)/b23-20-,32-27?. The van der Waals surface area contributed by atoms with Crippen molar-refractivity contribution >= 4 is 28.1 Å². The summed E-state index contributed by atoms with van der Waals surface area (Å²) in [6.45, 7) is 12.0. The number of nitrogens with one attached hydrogen (secondary N) is 2. The number of aryl methyl sites for hydroxylation is 2. The summed E-state index contributed by atoms with van der Waals surface area (Å²) in [5.74, 6) is 0.494. The average Bonchev–Trinajstić information content (AvgIpc) is 2.90. The van der Waals surface area contributed by atoms with E-state index in [1.807, 2.05) is 62.4 Å². The summed E-state index contributed by atoms with van der Waals surface area (Å²) in [6.07, 6.45) is 4.47. The molecule has 8 nitrogen and oxygen atoms in total. The number of benzene rings is 2. The zero-order chi connectivity index (χ0) is 27.4. The summed E-state index contributed by atoms with van der Waals surface area (Å²) in [6, 6.07) is 15.6. The summed E-state index contributed by atoms with van der Waals surface area (Å²) in [7, 11) is 0. The number of allylic oxidation sites excluding steroid dienone is 2. The van der Waals surface area contributed by atoms with Crippen molar-refractivity contribution in [2.24, 2.45) is 5.73 Å². The Morgan fingerprint density at radius 2 is 1.82 bits per heavy atom. The largest absolute Gasteiger partial charge is 0.383 e. The van der Waals surface area contributed by atoms with Gasteiger partial charge in [-0.2, -0.15) is 0 Å².